The van der Waals surface area contributed by atoms with Gasteiger partial charge in [0.05, 0.1) is 11.5 Å². The van der Waals surface area contributed by atoms with Crippen molar-refractivity contribution in [3.63, 3.8) is 0 Å². The Labute approximate surface area is 270 Å². The Balaban J connectivity index is 1.59. The molecule has 2 saturated carbocycles. The number of Topliss-reactive ketones (excluding diaryl/α,β-unsaturated/α-hetero) is 6. The van der Waals surface area contributed by atoms with E-state index in [1.807, 2.05) is 26.0 Å². The summed E-state index contributed by atoms with van der Waals surface area (Å²) in [6.45, 7) is 12.0. The standard InChI is InChI=1S/C38H44O8/c1-19(2)24-16-23(14-11-15-26(40)22-12-9-8-10-13-22)31(41)28-25(24)17-36(6)18-37(7)29(20(3)4)32(42)27(21(5)39)34(44)38(37,46)35(45)30(36)33(28)43/h8-10,12-13,16,19-20,27,29-30,41,46H,11,14-15,17-18H2,1-7H3/t27?,29?,30?,36-,37-,38+/m1/s1. The van der Waals surface area contributed by atoms with E-state index in [1.54, 1.807) is 52.0 Å². The van der Waals surface area contributed by atoms with Crippen LogP contribution >= 0.6 is 0 Å². The van der Waals surface area contributed by atoms with Crippen molar-refractivity contribution in [3.8, 4) is 5.75 Å². The predicted octanol–water partition coefficient (Wildman–Crippen LogP) is 5.42. The molecule has 0 spiro atoms. The lowest BCUT2D eigenvalue weighted by Crippen LogP contribution is -2.76. The van der Waals surface area contributed by atoms with Crippen molar-refractivity contribution in [3.05, 3.63) is 64.2 Å². The summed E-state index contributed by atoms with van der Waals surface area (Å²) in [7, 11) is 0. The molecule has 0 saturated heterocycles. The molecule has 244 valence electrons. The van der Waals surface area contributed by atoms with Gasteiger partial charge in [-0.2, -0.15) is 0 Å². The van der Waals surface area contributed by atoms with Crippen molar-refractivity contribution in [2.75, 3.05) is 0 Å². The minimum absolute atomic E-state index is 0.0153. The number of aromatic hydroxyl groups is 1. The van der Waals surface area contributed by atoms with Crippen LogP contribution in [-0.2, 0) is 32.0 Å². The Kier molecular flexibility index (Phi) is 8.38. The zero-order chi connectivity index (χ0) is 34.1. The lowest BCUT2D eigenvalue weighted by molar-refractivity contribution is -0.205. The molecule has 0 heterocycles. The normalized spacial score (nSPS) is 30.7. The number of benzene rings is 2. The average Bonchev–Trinajstić information content (AvgIpc) is 2.95. The first kappa shape index (κ1) is 33.6. The van der Waals surface area contributed by atoms with E-state index in [-0.39, 0.29) is 42.3 Å². The van der Waals surface area contributed by atoms with Crippen LogP contribution in [0.5, 0.6) is 5.75 Å². The zero-order valence-electron chi connectivity index (χ0n) is 27.7. The van der Waals surface area contributed by atoms with Gasteiger partial charge < -0.3 is 10.2 Å². The molecule has 0 bridgehead atoms. The molecule has 46 heavy (non-hydrogen) atoms. The Bertz CT molecular complexity index is 1670. The number of ketones is 6. The van der Waals surface area contributed by atoms with Crippen LogP contribution in [0, 0.1) is 34.5 Å². The van der Waals surface area contributed by atoms with Crippen molar-refractivity contribution >= 4 is 34.7 Å². The van der Waals surface area contributed by atoms with Crippen molar-refractivity contribution in [2.45, 2.75) is 92.1 Å². The summed E-state index contributed by atoms with van der Waals surface area (Å²) in [5.74, 6) is -9.10. The van der Waals surface area contributed by atoms with Gasteiger partial charge in [0.25, 0.3) is 0 Å². The van der Waals surface area contributed by atoms with E-state index in [0.717, 1.165) is 12.5 Å². The van der Waals surface area contributed by atoms with Crippen LogP contribution in [0.1, 0.15) is 111 Å². The molecule has 6 atom stereocenters. The van der Waals surface area contributed by atoms with Gasteiger partial charge in [0, 0.05) is 23.3 Å². The number of phenols is 1. The predicted molar refractivity (Wildman–Crippen MR) is 171 cm³/mol. The molecule has 3 aliphatic carbocycles. The van der Waals surface area contributed by atoms with Crippen molar-refractivity contribution in [1.29, 1.82) is 0 Å². The minimum atomic E-state index is -2.73. The molecular formula is C38H44O8. The second-order valence-electron chi connectivity index (χ2n) is 15.0. The maximum absolute atomic E-state index is 14.6. The summed E-state index contributed by atoms with van der Waals surface area (Å²) in [5, 5.41) is 23.8. The first-order valence-corrected chi connectivity index (χ1v) is 16.3. The van der Waals surface area contributed by atoms with E-state index in [4.69, 9.17) is 0 Å². The number of carbonyl (C=O) groups is 6. The van der Waals surface area contributed by atoms with Gasteiger partial charge in [0.1, 0.15) is 17.5 Å². The summed E-state index contributed by atoms with van der Waals surface area (Å²) in [6, 6.07) is 10.8. The van der Waals surface area contributed by atoms with E-state index >= 15 is 0 Å². The van der Waals surface area contributed by atoms with Gasteiger partial charge in [0.15, 0.2) is 34.5 Å². The molecule has 3 aliphatic rings. The fourth-order valence-electron chi connectivity index (χ4n) is 9.20. The van der Waals surface area contributed by atoms with E-state index in [1.165, 1.54) is 0 Å². The van der Waals surface area contributed by atoms with Crippen molar-refractivity contribution in [2.24, 2.45) is 34.5 Å². The largest absolute Gasteiger partial charge is 0.507 e. The Morgan fingerprint density at radius 1 is 0.978 bits per heavy atom. The molecule has 8 heteroatoms. The number of phenolic OH excluding ortho intramolecular Hbond substituents is 1. The molecule has 2 aromatic rings. The number of aliphatic hydroxyl groups is 1. The third kappa shape index (κ3) is 4.74. The summed E-state index contributed by atoms with van der Waals surface area (Å²) in [6.07, 6.45) is 1.22. The molecule has 0 aromatic heterocycles. The summed E-state index contributed by atoms with van der Waals surface area (Å²) in [4.78, 5) is 82.0. The van der Waals surface area contributed by atoms with Gasteiger partial charge in [-0.3, -0.25) is 28.8 Å². The molecule has 0 aliphatic heterocycles. The molecule has 2 N–H and O–H groups in total. The Hall–Kier alpha value is -3.78. The van der Waals surface area contributed by atoms with Crippen LogP contribution in [0.15, 0.2) is 36.4 Å². The molecular weight excluding hydrogens is 584 g/mol. The van der Waals surface area contributed by atoms with Gasteiger partial charge in [-0.05, 0) is 66.5 Å². The number of hydrogen-bond donors (Lipinski definition) is 2. The highest BCUT2D eigenvalue weighted by Crippen LogP contribution is 2.64. The van der Waals surface area contributed by atoms with Gasteiger partial charge in [-0.15, -0.1) is 0 Å². The third-order valence-electron chi connectivity index (χ3n) is 11.1. The molecule has 2 aromatic carbocycles. The third-order valence-corrected chi connectivity index (χ3v) is 11.1. The fraction of sp³-hybridized carbons (Fsp3) is 0.526. The van der Waals surface area contributed by atoms with Gasteiger partial charge in [-0.25, -0.2) is 0 Å². The van der Waals surface area contributed by atoms with E-state index < -0.39 is 69.0 Å². The molecule has 2 fully saturated rings. The molecule has 8 nitrogen and oxygen atoms in total. The number of rotatable bonds is 8. The first-order chi connectivity index (χ1) is 21.4. The van der Waals surface area contributed by atoms with E-state index in [0.29, 0.717) is 29.5 Å². The maximum Gasteiger partial charge on any atom is 0.190 e. The Morgan fingerprint density at radius 3 is 2.17 bits per heavy atom. The number of carbonyl (C=O) groups excluding carboxylic acids is 6. The van der Waals surface area contributed by atoms with Gasteiger partial charge >= 0.3 is 0 Å². The smallest absolute Gasteiger partial charge is 0.190 e. The second kappa shape index (κ2) is 11.5. The van der Waals surface area contributed by atoms with Crippen molar-refractivity contribution < 1.29 is 39.0 Å². The minimum Gasteiger partial charge on any atom is -0.507 e. The average molecular weight is 629 g/mol. The van der Waals surface area contributed by atoms with E-state index in [9.17, 15) is 39.0 Å². The first-order valence-electron chi connectivity index (χ1n) is 16.3. The van der Waals surface area contributed by atoms with Crippen LogP contribution in [0.3, 0.4) is 0 Å². The molecule has 3 unspecified atom stereocenters. The van der Waals surface area contributed by atoms with Gasteiger partial charge in [-0.1, -0.05) is 77.9 Å². The second-order valence-corrected chi connectivity index (χ2v) is 15.0. The fourth-order valence-corrected chi connectivity index (χ4v) is 9.20. The quantitative estimate of drug-likeness (QED) is 0.291. The SMILES string of the molecule is CC(=O)C1C(=O)C(C(C)C)[C@@]2(C)C[C@@]3(C)Cc4c(C(C)C)cc(CCCC(=O)c5ccccc5)c(O)c4C(=O)C3C(=O)[C@@]2(O)C1=O. The summed E-state index contributed by atoms with van der Waals surface area (Å²) < 4.78 is 0. The van der Waals surface area contributed by atoms with Crippen LogP contribution in [0.2, 0.25) is 0 Å². The highest BCUT2D eigenvalue weighted by Gasteiger charge is 2.76. The molecule has 0 amide bonds. The topological polar surface area (TPSA) is 143 Å². The Morgan fingerprint density at radius 2 is 1.61 bits per heavy atom. The number of fused-ring (bicyclic) bond motifs is 3. The van der Waals surface area contributed by atoms with Crippen LogP contribution < -0.4 is 0 Å². The van der Waals surface area contributed by atoms with Crippen LogP contribution in [0.4, 0.5) is 0 Å². The number of hydrogen-bond acceptors (Lipinski definition) is 8. The maximum atomic E-state index is 14.6. The summed E-state index contributed by atoms with van der Waals surface area (Å²) >= 11 is 0. The highest BCUT2D eigenvalue weighted by molar-refractivity contribution is 6.32. The highest BCUT2D eigenvalue weighted by atomic mass is 16.3. The van der Waals surface area contributed by atoms with Crippen LogP contribution in [0.25, 0.3) is 0 Å². The van der Waals surface area contributed by atoms with Crippen LogP contribution in [-0.4, -0.2) is 50.5 Å². The lowest BCUT2D eigenvalue weighted by atomic mass is 9.39. The summed E-state index contributed by atoms with van der Waals surface area (Å²) in [5.41, 5.74) is -2.78. The molecule has 5 rings (SSSR count). The molecule has 0 radical (unpaired) electrons. The van der Waals surface area contributed by atoms with Crippen molar-refractivity contribution in [1.82, 2.24) is 0 Å². The van der Waals surface area contributed by atoms with Gasteiger partial charge in [0.2, 0.25) is 0 Å². The zero-order valence-corrected chi connectivity index (χ0v) is 27.7. The monoisotopic (exact) mass is 628 g/mol. The number of aryl methyl sites for hydroxylation is 1. The lowest BCUT2D eigenvalue weighted by Gasteiger charge is -2.62. The van der Waals surface area contributed by atoms with E-state index in [2.05, 4.69) is 0 Å².